The summed E-state index contributed by atoms with van der Waals surface area (Å²) in [5.41, 5.74) is 9.59. The molecule has 1 atom stereocenters. The van der Waals surface area contributed by atoms with E-state index in [1.54, 1.807) is 0 Å². The van der Waals surface area contributed by atoms with Gasteiger partial charge in [-0.25, -0.2) is 0 Å². The molecule has 16 heavy (non-hydrogen) atoms. The molecule has 0 saturated heterocycles. The van der Waals surface area contributed by atoms with Crippen LogP contribution in [0.4, 0.5) is 5.69 Å². The van der Waals surface area contributed by atoms with Gasteiger partial charge < -0.3 is 11.1 Å². The van der Waals surface area contributed by atoms with Gasteiger partial charge >= 0.3 is 0 Å². The predicted molar refractivity (Wildman–Crippen MR) is 71.8 cm³/mol. The van der Waals surface area contributed by atoms with Crippen molar-refractivity contribution in [2.75, 3.05) is 18.4 Å². The summed E-state index contributed by atoms with van der Waals surface area (Å²) in [6.07, 6.45) is 0. The summed E-state index contributed by atoms with van der Waals surface area (Å²) in [7, 11) is 0. The maximum atomic E-state index is 5.77. The van der Waals surface area contributed by atoms with Gasteiger partial charge in [0.1, 0.15) is 0 Å². The van der Waals surface area contributed by atoms with Gasteiger partial charge in [0.25, 0.3) is 0 Å². The van der Waals surface area contributed by atoms with Gasteiger partial charge in [0.2, 0.25) is 0 Å². The van der Waals surface area contributed by atoms with E-state index in [0.29, 0.717) is 11.8 Å². The molecule has 0 spiro atoms. The van der Waals surface area contributed by atoms with Crippen molar-refractivity contribution in [3.63, 3.8) is 0 Å². The van der Waals surface area contributed by atoms with E-state index in [9.17, 15) is 0 Å². The Bertz CT molecular complexity index is 332. The molecular weight excluding hydrogens is 196 g/mol. The van der Waals surface area contributed by atoms with Gasteiger partial charge in [0.15, 0.2) is 0 Å². The van der Waals surface area contributed by atoms with Gasteiger partial charge in [-0.1, -0.05) is 26.0 Å². The lowest BCUT2D eigenvalue weighted by molar-refractivity contribution is 0.413. The maximum Gasteiger partial charge on any atom is 0.0372 e. The van der Waals surface area contributed by atoms with E-state index in [1.807, 2.05) is 0 Å². The van der Waals surface area contributed by atoms with Gasteiger partial charge in [0.05, 0.1) is 0 Å². The number of benzene rings is 1. The molecule has 0 saturated carbocycles. The van der Waals surface area contributed by atoms with E-state index in [0.717, 1.165) is 13.1 Å². The van der Waals surface area contributed by atoms with Gasteiger partial charge in [0, 0.05) is 12.2 Å². The molecule has 0 amide bonds. The maximum absolute atomic E-state index is 5.77. The van der Waals surface area contributed by atoms with Crippen LogP contribution in [0, 0.1) is 25.7 Å². The summed E-state index contributed by atoms with van der Waals surface area (Å²) in [6.45, 7) is 10.4. The molecule has 0 aromatic heterocycles. The number of nitrogens with one attached hydrogen (secondary N) is 1. The number of nitrogens with two attached hydrogens (primary N) is 1. The molecule has 0 aliphatic heterocycles. The highest BCUT2D eigenvalue weighted by Crippen LogP contribution is 2.18. The first-order chi connectivity index (χ1) is 7.54. The first-order valence-corrected chi connectivity index (χ1v) is 6.05. The van der Waals surface area contributed by atoms with E-state index >= 15 is 0 Å². The Hall–Kier alpha value is -1.02. The third-order valence-electron chi connectivity index (χ3n) is 3.19. The number of rotatable bonds is 5. The van der Waals surface area contributed by atoms with Crippen LogP contribution in [0.15, 0.2) is 18.2 Å². The van der Waals surface area contributed by atoms with Gasteiger partial charge in [-0.2, -0.15) is 0 Å². The summed E-state index contributed by atoms with van der Waals surface area (Å²) in [5.74, 6) is 1.17. The van der Waals surface area contributed by atoms with Crippen LogP contribution in [0.1, 0.15) is 25.0 Å². The molecule has 0 aliphatic carbocycles. The van der Waals surface area contributed by atoms with Crippen LogP contribution in [-0.4, -0.2) is 13.1 Å². The molecule has 0 bridgehead atoms. The molecule has 1 aromatic rings. The molecule has 1 unspecified atom stereocenters. The zero-order valence-corrected chi connectivity index (χ0v) is 10.9. The smallest absolute Gasteiger partial charge is 0.0372 e. The molecule has 0 fully saturated rings. The monoisotopic (exact) mass is 220 g/mol. The zero-order chi connectivity index (χ0) is 12.1. The zero-order valence-electron chi connectivity index (χ0n) is 10.9. The van der Waals surface area contributed by atoms with Crippen molar-refractivity contribution in [2.24, 2.45) is 17.6 Å². The van der Waals surface area contributed by atoms with E-state index in [2.05, 4.69) is 51.2 Å². The average Bonchev–Trinajstić information content (AvgIpc) is 2.23. The third-order valence-corrected chi connectivity index (χ3v) is 3.19. The molecule has 0 radical (unpaired) electrons. The van der Waals surface area contributed by atoms with Crippen LogP contribution < -0.4 is 11.1 Å². The van der Waals surface area contributed by atoms with Crippen LogP contribution in [0.2, 0.25) is 0 Å². The molecule has 0 heterocycles. The minimum Gasteiger partial charge on any atom is -0.384 e. The molecule has 0 aliphatic rings. The second-order valence-electron chi connectivity index (χ2n) is 4.94. The fourth-order valence-corrected chi connectivity index (χ4v) is 1.76. The Kier molecular flexibility index (Phi) is 4.81. The van der Waals surface area contributed by atoms with E-state index in [4.69, 9.17) is 5.73 Å². The highest BCUT2D eigenvalue weighted by molar-refractivity contribution is 5.52. The van der Waals surface area contributed by atoms with Crippen molar-refractivity contribution in [1.82, 2.24) is 0 Å². The summed E-state index contributed by atoms with van der Waals surface area (Å²) in [5, 5.41) is 3.51. The second-order valence-corrected chi connectivity index (χ2v) is 4.94. The number of hydrogen-bond acceptors (Lipinski definition) is 2. The number of hydrogen-bond donors (Lipinski definition) is 2. The van der Waals surface area contributed by atoms with Crippen LogP contribution >= 0.6 is 0 Å². The quantitative estimate of drug-likeness (QED) is 0.800. The van der Waals surface area contributed by atoms with Crippen molar-refractivity contribution >= 4 is 5.69 Å². The van der Waals surface area contributed by atoms with E-state index in [-0.39, 0.29) is 0 Å². The second kappa shape index (κ2) is 5.90. The van der Waals surface area contributed by atoms with Crippen LogP contribution in [0.3, 0.4) is 0 Å². The predicted octanol–water partition coefficient (Wildman–Crippen LogP) is 2.95. The van der Waals surface area contributed by atoms with Crippen LogP contribution in [0.5, 0.6) is 0 Å². The Balaban J connectivity index is 2.63. The Morgan fingerprint density at radius 1 is 1.25 bits per heavy atom. The van der Waals surface area contributed by atoms with Crippen LogP contribution in [0.25, 0.3) is 0 Å². The standard InChI is InChI=1S/C14H24N2/c1-10(2)13(8-15)9-16-14-7-11(3)5-6-12(14)4/h5-7,10,13,16H,8-9,15H2,1-4H3. The minimum absolute atomic E-state index is 0.542. The van der Waals surface area contributed by atoms with Gasteiger partial charge in [-0.3, -0.25) is 0 Å². The topological polar surface area (TPSA) is 38.0 Å². The first-order valence-electron chi connectivity index (χ1n) is 6.05. The Labute approximate surface area is 99.2 Å². The molecular formula is C14H24N2. The molecule has 1 rings (SSSR count). The average molecular weight is 220 g/mol. The van der Waals surface area contributed by atoms with Crippen molar-refractivity contribution in [3.8, 4) is 0 Å². The fraction of sp³-hybridized carbons (Fsp3) is 0.571. The largest absolute Gasteiger partial charge is 0.384 e. The normalized spacial score (nSPS) is 12.9. The summed E-state index contributed by atoms with van der Waals surface area (Å²) in [6, 6.07) is 6.50. The molecule has 90 valence electrons. The van der Waals surface area contributed by atoms with Crippen molar-refractivity contribution in [1.29, 1.82) is 0 Å². The van der Waals surface area contributed by atoms with Crippen molar-refractivity contribution in [2.45, 2.75) is 27.7 Å². The summed E-state index contributed by atoms with van der Waals surface area (Å²) < 4.78 is 0. The Morgan fingerprint density at radius 2 is 1.94 bits per heavy atom. The van der Waals surface area contributed by atoms with Crippen molar-refractivity contribution < 1.29 is 0 Å². The summed E-state index contributed by atoms with van der Waals surface area (Å²) >= 11 is 0. The van der Waals surface area contributed by atoms with Gasteiger partial charge in [-0.05, 0) is 49.4 Å². The molecule has 2 heteroatoms. The lowest BCUT2D eigenvalue weighted by Crippen LogP contribution is -2.27. The molecule has 3 N–H and O–H groups in total. The van der Waals surface area contributed by atoms with Crippen molar-refractivity contribution in [3.05, 3.63) is 29.3 Å². The number of aryl methyl sites for hydroxylation is 2. The molecule has 2 nitrogen and oxygen atoms in total. The Morgan fingerprint density at radius 3 is 2.50 bits per heavy atom. The lowest BCUT2D eigenvalue weighted by Gasteiger charge is -2.21. The fourth-order valence-electron chi connectivity index (χ4n) is 1.76. The van der Waals surface area contributed by atoms with Gasteiger partial charge in [-0.15, -0.1) is 0 Å². The van der Waals surface area contributed by atoms with E-state index in [1.165, 1.54) is 16.8 Å². The van der Waals surface area contributed by atoms with E-state index < -0.39 is 0 Å². The first kappa shape index (κ1) is 13.0. The highest BCUT2D eigenvalue weighted by atomic mass is 14.9. The minimum atomic E-state index is 0.542. The molecule has 1 aromatic carbocycles. The SMILES string of the molecule is Cc1ccc(C)c(NCC(CN)C(C)C)c1. The number of anilines is 1. The van der Waals surface area contributed by atoms with Crippen LogP contribution in [-0.2, 0) is 0 Å². The summed E-state index contributed by atoms with van der Waals surface area (Å²) in [4.78, 5) is 0. The highest BCUT2D eigenvalue weighted by Gasteiger charge is 2.11. The lowest BCUT2D eigenvalue weighted by atomic mass is 9.96. The third kappa shape index (κ3) is 3.53.